The van der Waals surface area contributed by atoms with E-state index in [0.29, 0.717) is 18.5 Å². The van der Waals surface area contributed by atoms with Gasteiger partial charge >= 0.3 is 0 Å². The third kappa shape index (κ3) is 4.18. The molecule has 2 heterocycles. The van der Waals surface area contributed by atoms with Crippen LogP contribution in [0.3, 0.4) is 0 Å². The van der Waals surface area contributed by atoms with Gasteiger partial charge in [0.2, 0.25) is 5.89 Å². The molecule has 24 heavy (non-hydrogen) atoms. The molecule has 7 nitrogen and oxygen atoms in total. The van der Waals surface area contributed by atoms with Gasteiger partial charge in [-0.25, -0.2) is 4.98 Å². The second-order valence-corrected chi connectivity index (χ2v) is 6.13. The Balaban J connectivity index is 1.59. The number of nitrogens with zero attached hydrogens (tertiary/aromatic N) is 3. The fourth-order valence-electron chi connectivity index (χ4n) is 2.88. The van der Waals surface area contributed by atoms with Gasteiger partial charge in [-0.3, -0.25) is 15.0 Å². The van der Waals surface area contributed by atoms with Gasteiger partial charge in [-0.2, -0.15) is 0 Å². The second kappa shape index (κ2) is 7.55. The first-order chi connectivity index (χ1) is 11.6. The molecule has 2 aromatic rings. The van der Waals surface area contributed by atoms with E-state index in [-0.39, 0.29) is 5.69 Å². The van der Waals surface area contributed by atoms with E-state index in [2.05, 4.69) is 9.88 Å². The van der Waals surface area contributed by atoms with Crippen LogP contribution in [0, 0.1) is 10.1 Å². The first-order valence-corrected chi connectivity index (χ1v) is 8.11. The van der Waals surface area contributed by atoms with Crippen LogP contribution in [-0.4, -0.2) is 41.1 Å². The molecule has 1 aromatic carbocycles. The molecule has 0 amide bonds. The summed E-state index contributed by atoms with van der Waals surface area (Å²) in [7, 11) is 2.04. The molecule has 3 rings (SSSR count). The minimum absolute atomic E-state index is 0.0535. The first kappa shape index (κ1) is 16.6. The summed E-state index contributed by atoms with van der Waals surface area (Å²) in [5.74, 6) is 0.474. The van der Waals surface area contributed by atoms with Gasteiger partial charge in [0.05, 0.1) is 16.7 Å². The Hall–Kier alpha value is -2.25. The zero-order valence-corrected chi connectivity index (χ0v) is 13.7. The van der Waals surface area contributed by atoms with Crippen LogP contribution in [0.25, 0.3) is 11.5 Å². The van der Waals surface area contributed by atoms with E-state index in [4.69, 9.17) is 9.15 Å². The number of nitro groups is 1. The summed E-state index contributed by atoms with van der Waals surface area (Å²) in [6.07, 6.45) is 5.42. The number of benzene rings is 1. The maximum Gasteiger partial charge on any atom is 0.269 e. The fraction of sp³-hybridized carbons (Fsp3) is 0.471. The minimum atomic E-state index is -0.424. The van der Waals surface area contributed by atoms with Gasteiger partial charge in [-0.1, -0.05) is 0 Å². The van der Waals surface area contributed by atoms with Gasteiger partial charge in [0.15, 0.2) is 0 Å². The largest absolute Gasteiger partial charge is 0.444 e. The highest BCUT2D eigenvalue weighted by Crippen LogP contribution is 2.22. The lowest BCUT2D eigenvalue weighted by molar-refractivity contribution is -0.384. The van der Waals surface area contributed by atoms with Crippen LogP contribution in [0.5, 0.6) is 0 Å². The molecule has 0 radical (unpaired) electrons. The van der Waals surface area contributed by atoms with E-state index >= 15 is 0 Å². The second-order valence-electron chi connectivity index (χ2n) is 6.13. The summed E-state index contributed by atoms with van der Waals surface area (Å²) in [6, 6.07) is 6.19. The van der Waals surface area contributed by atoms with Crippen LogP contribution in [0.1, 0.15) is 25.0 Å². The summed E-state index contributed by atoms with van der Waals surface area (Å²) < 4.78 is 11.3. The zero-order valence-electron chi connectivity index (χ0n) is 13.7. The minimum Gasteiger partial charge on any atom is -0.444 e. The molecule has 0 aliphatic carbocycles. The van der Waals surface area contributed by atoms with E-state index < -0.39 is 4.92 Å². The summed E-state index contributed by atoms with van der Waals surface area (Å²) in [5.41, 5.74) is 1.62. The highest BCUT2D eigenvalue weighted by Gasteiger charge is 2.17. The fourth-order valence-corrected chi connectivity index (χ4v) is 2.88. The van der Waals surface area contributed by atoms with Crippen molar-refractivity contribution in [1.82, 2.24) is 9.88 Å². The number of hydrogen-bond donors (Lipinski definition) is 0. The lowest BCUT2D eigenvalue weighted by Crippen LogP contribution is -2.33. The van der Waals surface area contributed by atoms with E-state index in [1.165, 1.54) is 18.6 Å². The predicted octanol–water partition coefficient (Wildman–Crippen LogP) is 3.25. The van der Waals surface area contributed by atoms with E-state index in [1.54, 1.807) is 18.4 Å². The van der Waals surface area contributed by atoms with Crippen molar-refractivity contribution in [2.45, 2.75) is 31.9 Å². The number of nitro benzene ring substituents is 1. The van der Waals surface area contributed by atoms with Crippen LogP contribution in [0.4, 0.5) is 5.69 Å². The smallest absolute Gasteiger partial charge is 0.269 e. The average molecular weight is 331 g/mol. The molecular weight excluding hydrogens is 310 g/mol. The van der Waals surface area contributed by atoms with Crippen LogP contribution >= 0.6 is 0 Å². The van der Waals surface area contributed by atoms with Crippen LogP contribution in [-0.2, 0) is 11.3 Å². The van der Waals surface area contributed by atoms with Crippen LogP contribution in [0.15, 0.2) is 34.9 Å². The highest BCUT2D eigenvalue weighted by atomic mass is 16.6. The first-order valence-electron chi connectivity index (χ1n) is 8.11. The number of rotatable bonds is 6. The van der Waals surface area contributed by atoms with Crippen molar-refractivity contribution in [2.24, 2.45) is 0 Å². The van der Waals surface area contributed by atoms with Gasteiger partial charge in [0.1, 0.15) is 6.26 Å². The number of non-ortho nitro benzene ring substituents is 1. The molecule has 1 aromatic heterocycles. The lowest BCUT2D eigenvalue weighted by Gasteiger charge is -2.26. The topological polar surface area (TPSA) is 81.6 Å². The number of oxazole rings is 1. The zero-order chi connectivity index (χ0) is 16.9. The van der Waals surface area contributed by atoms with Gasteiger partial charge < -0.3 is 9.15 Å². The van der Waals surface area contributed by atoms with Crippen molar-refractivity contribution in [3.63, 3.8) is 0 Å². The van der Waals surface area contributed by atoms with Crippen molar-refractivity contribution in [1.29, 1.82) is 0 Å². The molecule has 1 saturated heterocycles. The molecule has 0 unspecified atom stereocenters. The molecule has 1 aliphatic heterocycles. The predicted molar refractivity (Wildman–Crippen MR) is 88.5 cm³/mol. The number of hydrogen-bond acceptors (Lipinski definition) is 6. The molecular formula is C17H21N3O4. The van der Waals surface area contributed by atoms with Crippen LogP contribution in [0.2, 0.25) is 0 Å². The quantitative estimate of drug-likeness (QED) is 0.597. The van der Waals surface area contributed by atoms with E-state index in [1.807, 2.05) is 7.05 Å². The Bertz CT molecular complexity index is 677. The maximum atomic E-state index is 10.7. The SMILES string of the molecule is CN(Cc1coc(-c2ccc([N+](=O)[O-])cc2)n1)C[C@H]1CCCCO1. The number of likely N-dealkylation sites (N-methyl/N-ethyl adjacent to an activating group) is 1. The molecule has 0 bridgehead atoms. The Morgan fingerprint density at radius 3 is 2.79 bits per heavy atom. The van der Waals surface area contributed by atoms with E-state index in [9.17, 15) is 10.1 Å². The molecule has 1 aliphatic rings. The third-order valence-corrected chi connectivity index (χ3v) is 4.10. The molecule has 0 saturated carbocycles. The maximum absolute atomic E-state index is 10.7. The number of ether oxygens (including phenoxy) is 1. The molecule has 128 valence electrons. The number of aromatic nitrogens is 1. The van der Waals surface area contributed by atoms with Gasteiger partial charge in [0.25, 0.3) is 5.69 Å². The summed E-state index contributed by atoms with van der Waals surface area (Å²) in [4.78, 5) is 16.9. The monoisotopic (exact) mass is 331 g/mol. The average Bonchev–Trinajstić information content (AvgIpc) is 3.04. The third-order valence-electron chi connectivity index (χ3n) is 4.10. The van der Waals surface area contributed by atoms with Gasteiger partial charge in [-0.15, -0.1) is 0 Å². The Morgan fingerprint density at radius 2 is 2.12 bits per heavy atom. The standard InChI is InChI=1S/C17H21N3O4/c1-19(11-16-4-2-3-9-23-16)10-14-12-24-17(18-14)13-5-7-15(8-6-13)20(21)22/h5-8,12,16H,2-4,9-11H2,1H3/t16-/m1/s1. The summed E-state index contributed by atoms with van der Waals surface area (Å²) in [5, 5.41) is 10.7. The summed E-state index contributed by atoms with van der Waals surface area (Å²) >= 11 is 0. The molecule has 1 fully saturated rings. The van der Waals surface area contributed by atoms with Crippen molar-refractivity contribution in [2.75, 3.05) is 20.2 Å². The molecule has 1 atom stereocenters. The van der Waals surface area contributed by atoms with E-state index in [0.717, 1.165) is 37.3 Å². The Morgan fingerprint density at radius 1 is 1.33 bits per heavy atom. The van der Waals surface area contributed by atoms with Gasteiger partial charge in [-0.05, 0) is 38.4 Å². The summed E-state index contributed by atoms with van der Waals surface area (Å²) in [6.45, 7) is 2.41. The highest BCUT2D eigenvalue weighted by molar-refractivity contribution is 5.55. The molecule has 0 spiro atoms. The van der Waals surface area contributed by atoms with Crippen molar-refractivity contribution >= 4 is 5.69 Å². The molecule has 7 heteroatoms. The lowest BCUT2D eigenvalue weighted by atomic mass is 10.1. The Labute approximate surface area is 140 Å². The Kier molecular flexibility index (Phi) is 5.22. The van der Waals surface area contributed by atoms with Crippen LogP contribution < -0.4 is 0 Å². The van der Waals surface area contributed by atoms with Crippen molar-refractivity contribution in [3.8, 4) is 11.5 Å². The van der Waals surface area contributed by atoms with Crippen molar-refractivity contribution < 1.29 is 14.1 Å². The molecule has 0 N–H and O–H groups in total. The van der Waals surface area contributed by atoms with Gasteiger partial charge in [0, 0.05) is 37.4 Å². The van der Waals surface area contributed by atoms with Crippen molar-refractivity contribution in [3.05, 3.63) is 46.3 Å². The normalized spacial score (nSPS) is 18.0.